The molecule has 2 nitrogen and oxygen atoms in total. The fourth-order valence-corrected chi connectivity index (χ4v) is 2.37. The summed E-state index contributed by atoms with van der Waals surface area (Å²) in [6.07, 6.45) is -2.92. The molecule has 2 rings (SSSR count). The predicted molar refractivity (Wildman–Crippen MR) is 69.2 cm³/mol. The third kappa shape index (κ3) is 3.84. The van der Waals surface area contributed by atoms with E-state index < -0.39 is 17.8 Å². The highest BCUT2D eigenvalue weighted by molar-refractivity contribution is 5.85. The van der Waals surface area contributed by atoms with Crippen molar-refractivity contribution in [2.24, 2.45) is 11.7 Å². The Morgan fingerprint density at radius 2 is 1.74 bits per heavy atom. The minimum absolute atomic E-state index is 0. The molecule has 0 amide bonds. The van der Waals surface area contributed by atoms with Gasteiger partial charge in [0.2, 0.25) is 0 Å². The number of hydrogen-bond donors (Lipinski definition) is 1. The lowest BCUT2D eigenvalue weighted by molar-refractivity contribution is -0.138. The summed E-state index contributed by atoms with van der Waals surface area (Å²) < 4.78 is 43.9. The maximum atomic E-state index is 12.9. The van der Waals surface area contributed by atoms with Crippen LogP contribution in [0.4, 0.5) is 13.2 Å². The predicted octanol–water partition coefficient (Wildman–Crippen LogP) is 3.55. The first-order valence-electron chi connectivity index (χ1n) is 5.99. The fourth-order valence-electron chi connectivity index (χ4n) is 2.37. The Hall–Kier alpha value is -0.780. The highest BCUT2D eigenvalue weighted by Gasteiger charge is 2.36. The third-order valence-corrected chi connectivity index (χ3v) is 3.40. The van der Waals surface area contributed by atoms with Gasteiger partial charge in [-0.3, -0.25) is 0 Å². The van der Waals surface area contributed by atoms with Crippen LogP contribution in [0.2, 0.25) is 0 Å². The highest BCUT2D eigenvalue weighted by atomic mass is 35.5. The third-order valence-electron chi connectivity index (χ3n) is 3.40. The quantitative estimate of drug-likeness (QED) is 0.905. The molecular weight excluding hydrogens is 279 g/mol. The second kappa shape index (κ2) is 6.59. The van der Waals surface area contributed by atoms with Gasteiger partial charge in [-0.2, -0.15) is 13.2 Å². The van der Waals surface area contributed by atoms with Gasteiger partial charge in [0.25, 0.3) is 0 Å². The lowest BCUT2D eigenvalue weighted by atomic mass is 9.85. The molecule has 1 aliphatic heterocycles. The van der Waals surface area contributed by atoms with Gasteiger partial charge in [-0.15, -0.1) is 12.4 Å². The van der Waals surface area contributed by atoms with Crippen molar-refractivity contribution in [2.45, 2.75) is 25.1 Å². The molecule has 0 aromatic heterocycles. The van der Waals surface area contributed by atoms with Crippen LogP contribution >= 0.6 is 12.4 Å². The maximum absolute atomic E-state index is 12.9. The minimum Gasteiger partial charge on any atom is -0.381 e. The number of alkyl halides is 3. The molecule has 0 aliphatic carbocycles. The molecule has 0 radical (unpaired) electrons. The number of halogens is 4. The van der Waals surface area contributed by atoms with E-state index in [1.807, 2.05) is 0 Å². The standard InChI is InChI=1S/C13H16F3NO.ClH/c14-13(15,16)11-4-2-1-3-10(11)12(17)9-5-7-18-8-6-9;/h1-4,9,12H,5-8,17H2;1H/t12-;/m0./s1. The molecule has 2 N–H and O–H groups in total. The second-order valence-electron chi connectivity index (χ2n) is 4.56. The van der Waals surface area contributed by atoms with Gasteiger partial charge >= 0.3 is 6.18 Å². The molecule has 19 heavy (non-hydrogen) atoms. The number of hydrogen-bond acceptors (Lipinski definition) is 2. The molecule has 1 saturated heterocycles. The first-order valence-corrected chi connectivity index (χ1v) is 5.99. The van der Waals surface area contributed by atoms with E-state index in [0.29, 0.717) is 26.1 Å². The summed E-state index contributed by atoms with van der Waals surface area (Å²) in [6, 6.07) is 4.98. The van der Waals surface area contributed by atoms with Gasteiger partial charge in [-0.1, -0.05) is 18.2 Å². The van der Waals surface area contributed by atoms with E-state index in [0.717, 1.165) is 6.07 Å². The Bertz CT molecular complexity index is 405. The summed E-state index contributed by atoms with van der Waals surface area (Å²) in [5.41, 5.74) is 5.58. The van der Waals surface area contributed by atoms with Crippen molar-refractivity contribution in [1.29, 1.82) is 0 Å². The van der Waals surface area contributed by atoms with Crippen molar-refractivity contribution < 1.29 is 17.9 Å². The normalized spacial score (nSPS) is 18.7. The van der Waals surface area contributed by atoms with Crippen LogP contribution in [-0.2, 0) is 10.9 Å². The molecule has 6 heteroatoms. The summed E-state index contributed by atoms with van der Waals surface area (Å²) in [5.74, 6) is 0.0576. The number of rotatable bonds is 2. The van der Waals surface area contributed by atoms with Crippen molar-refractivity contribution in [3.63, 3.8) is 0 Å². The lowest BCUT2D eigenvalue weighted by Gasteiger charge is -2.29. The van der Waals surface area contributed by atoms with Gasteiger partial charge in [0, 0.05) is 19.3 Å². The zero-order valence-corrected chi connectivity index (χ0v) is 11.1. The van der Waals surface area contributed by atoms with Gasteiger partial charge < -0.3 is 10.5 Å². The molecule has 1 aliphatic rings. The van der Waals surface area contributed by atoms with Crippen LogP contribution in [0, 0.1) is 5.92 Å². The Balaban J connectivity index is 0.00000180. The molecule has 1 aromatic rings. The second-order valence-corrected chi connectivity index (χ2v) is 4.56. The molecule has 108 valence electrons. The Morgan fingerprint density at radius 1 is 1.16 bits per heavy atom. The van der Waals surface area contributed by atoms with Gasteiger partial charge in [-0.05, 0) is 30.4 Å². The largest absolute Gasteiger partial charge is 0.416 e. The smallest absolute Gasteiger partial charge is 0.381 e. The van der Waals surface area contributed by atoms with Crippen LogP contribution in [0.1, 0.15) is 30.0 Å². The van der Waals surface area contributed by atoms with Crippen molar-refractivity contribution >= 4 is 12.4 Å². The Morgan fingerprint density at radius 3 is 2.32 bits per heavy atom. The van der Waals surface area contributed by atoms with E-state index in [-0.39, 0.29) is 23.9 Å². The van der Waals surface area contributed by atoms with E-state index >= 15 is 0 Å². The Labute approximate surface area is 116 Å². The molecule has 0 saturated carbocycles. The summed E-state index contributed by atoms with van der Waals surface area (Å²) in [6.45, 7) is 1.15. The zero-order valence-electron chi connectivity index (χ0n) is 10.3. The van der Waals surface area contributed by atoms with E-state index in [1.165, 1.54) is 12.1 Å². The minimum atomic E-state index is -4.35. The summed E-state index contributed by atoms with van der Waals surface area (Å²) in [4.78, 5) is 0. The van der Waals surface area contributed by atoms with E-state index in [2.05, 4.69) is 0 Å². The van der Waals surface area contributed by atoms with Gasteiger partial charge in [0.15, 0.2) is 0 Å². The van der Waals surface area contributed by atoms with E-state index in [4.69, 9.17) is 10.5 Å². The van der Waals surface area contributed by atoms with Crippen molar-refractivity contribution in [3.05, 3.63) is 35.4 Å². The average Bonchev–Trinajstić information content (AvgIpc) is 2.38. The maximum Gasteiger partial charge on any atom is 0.416 e. The fraction of sp³-hybridized carbons (Fsp3) is 0.538. The Kier molecular flexibility index (Phi) is 5.64. The summed E-state index contributed by atoms with van der Waals surface area (Å²) >= 11 is 0. The number of nitrogens with two attached hydrogens (primary N) is 1. The average molecular weight is 296 g/mol. The van der Waals surface area contributed by atoms with Gasteiger partial charge in [-0.25, -0.2) is 0 Å². The van der Waals surface area contributed by atoms with Gasteiger partial charge in [0.1, 0.15) is 0 Å². The summed E-state index contributed by atoms with van der Waals surface area (Å²) in [7, 11) is 0. The zero-order chi connectivity index (χ0) is 13.2. The molecule has 1 heterocycles. The molecule has 0 bridgehead atoms. The van der Waals surface area contributed by atoms with Crippen LogP contribution in [0.3, 0.4) is 0 Å². The number of ether oxygens (including phenoxy) is 1. The van der Waals surface area contributed by atoms with E-state index in [1.54, 1.807) is 6.07 Å². The summed E-state index contributed by atoms with van der Waals surface area (Å²) in [5, 5.41) is 0. The molecule has 0 spiro atoms. The monoisotopic (exact) mass is 295 g/mol. The SMILES string of the molecule is Cl.N[C@H](c1ccccc1C(F)(F)F)C1CCOCC1. The number of benzene rings is 1. The molecule has 1 atom stereocenters. The lowest BCUT2D eigenvalue weighted by Crippen LogP contribution is -2.29. The highest BCUT2D eigenvalue weighted by Crippen LogP contribution is 2.37. The molecular formula is C13H17ClF3NO. The van der Waals surface area contributed by atoms with Crippen molar-refractivity contribution in [1.82, 2.24) is 0 Å². The topological polar surface area (TPSA) is 35.2 Å². The van der Waals surface area contributed by atoms with Crippen LogP contribution in [0.5, 0.6) is 0 Å². The van der Waals surface area contributed by atoms with Crippen LogP contribution in [0.25, 0.3) is 0 Å². The van der Waals surface area contributed by atoms with Crippen molar-refractivity contribution in [3.8, 4) is 0 Å². The first-order chi connectivity index (χ1) is 8.50. The first kappa shape index (κ1) is 16.3. The van der Waals surface area contributed by atoms with Crippen LogP contribution < -0.4 is 5.73 Å². The molecule has 0 unspecified atom stereocenters. The van der Waals surface area contributed by atoms with Crippen LogP contribution in [0.15, 0.2) is 24.3 Å². The van der Waals surface area contributed by atoms with E-state index in [9.17, 15) is 13.2 Å². The molecule has 1 fully saturated rings. The van der Waals surface area contributed by atoms with Crippen LogP contribution in [-0.4, -0.2) is 13.2 Å². The van der Waals surface area contributed by atoms with Gasteiger partial charge in [0.05, 0.1) is 5.56 Å². The van der Waals surface area contributed by atoms with Crippen molar-refractivity contribution in [2.75, 3.05) is 13.2 Å². The molecule has 1 aromatic carbocycles.